The molecule has 1 unspecified atom stereocenters. The first kappa shape index (κ1) is 11.0. The van der Waals surface area contributed by atoms with Crippen molar-refractivity contribution < 1.29 is 13.9 Å². The van der Waals surface area contributed by atoms with Crippen molar-refractivity contribution in [2.75, 3.05) is 0 Å². The van der Waals surface area contributed by atoms with E-state index in [4.69, 9.17) is 4.42 Å². The summed E-state index contributed by atoms with van der Waals surface area (Å²) in [6.07, 6.45) is 2.18. The molecule has 1 aromatic carbocycles. The molecule has 0 aliphatic rings. The van der Waals surface area contributed by atoms with Crippen LogP contribution in [0.2, 0.25) is 0 Å². The van der Waals surface area contributed by atoms with Gasteiger partial charge in [-0.2, -0.15) is 0 Å². The maximum atomic E-state index is 13.5. The van der Waals surface area contributed by atoms with Crippen molar-refractivity contribution >= 4 is 11.0 Å². The quantitative estimate of drug-likeness (QED) is 0.755. The molecule has 1 N–H and O–H groups in total. The molecule has 0 aliphatic carbocycles. The first-order chi connectivity index (χ1) is 8.66. The van der Waals surface area contributed by atoms with Gasteiger partial charge in [0.1, 0.15) is 5.76 Å². The van der Waals surface area contributed by atoms with Crippen molar-refractivity contribution in [2.24, 2.45) is 7.05 Å². The Balaban J connectivity index is 2.10. The van der Waals surface area contributed by atoms with Crippen molar-refractivity contribution in [3.05, 3.63) is 54.1 Å². The molecule has 18 heavy (non-hydrogen) atoms. The summed E-state index contributed by atoms with van der Waals surface area (Å²) in [6, 6.07) is 6.30. The number of benzene rings is 1. The lowest BCUT2D eigenvalue weighted by atomic mass is 10.2. The first-order valence-electron chi connectivity index (χ1n) is 5.49. The monoisotopic (exact) mass is 246 g/mol. The molecule has 0 saturated heterocycles. The number of halogens is 1. The SMILES string of the molecule is Cn1cncc1C(O)c1cc2cccc(F)c2o1. The molecule has 2 heterocycles. The highest BCUT2D eigenvalue weighted by Crippen LogP contribution is 2.29. The number of para-hydroxylation sites is 1. The number of furan rings is 1. The lowest BCUT2D eigenvalue weighted by molar-refractivity contribution is 0.184. The summed E-state index contributed by atoms with van der Waals surface area (Å²) >= 11 is 0. The lowest BCUT2D eigenvalue weighted by Crippen LogP contribution is -2.03. The second kappa shape index (κ2) is 3.96. The summed E-state index contributed by atoms with van der Waals surface area (Å²) in [4.78, 5) is 3.93. The number of rotatable bonds is 2. The van der Waals surface area contributed by atoms with E-state index in [0.29, 0.717) is 16.8 Å². The summed E-state index contributed by atoms with van der Waals surface area (Å²) in [5.41, 5.74) is 0.753. The molecule has 0 spiro atoms. The predicted molar refractivity (Wildman–Crippen MR) is 63.4 cm³/mol. The maximum Gasteiger partial charge on any atom is 0.170 e. The summed E-state index contributed by atoms with van der Waals surface area (Å²) in [7, 11) is 1.77. The van der Waals surface area contributed by atoms with E-state index < -0.39 is 11.9 Å². The molecule has 0 bridgehead atoms. The maximum absolute atomic E-state index is 13.5. The second-order valence-corrected chi connectivity index (χ2v) is 4.14. The van der Waals surface area contributed by atoms with Crippen molar-refractivity contribution in [3.63, 3.8) is 0 Å². The van der Waals surface area contributed by atoms with E-state index in [9.17, 15) is 9.50 Å². The Kier molecular flexibility index (Phi) is 2.41. The van der Waals surface area contributed by atoms with Crippen molar-refractivity contribution in [2.45, 2.75) is 6.10 Å². The van der Waals surface area contributed by atoms with E-state index in [-0.39, 0.29) is 5.58 Å². The van der Waals surface area contributed by atoms with E-state index in [1.54, 1.807) is 42.3 Å². The number of aliphatic hydroxyl groups excluding tert-OH is 1. The van der Waals surface area contributed by atoms with Crippen LogP contribution in [0.4, 0.5) is 4.39 Å². The van der Waals surface area contributed by atoms with Gasteiger partial charge in [0, 0.05) is 12.4 Å². The van der Waals surface area contributed by atoms with Gasteiger partial charge in [0.25, 0.3) is 0 Å². The zero-order valence-corrected chi connectivity index (χ0v) is 9.67. The Hall–Kier alpha value is -2.14. The number of hydrogen-bond acceptors (Lipinski definition) is 3. The zero-order chi connectivity index (χ0) is 12.7. The minimum atomic E-state index is -0.954. The molecule has 4 nitrogen and oxygen atoms in total. The smallest absolute Gasteiger partial charge is 0.170 e. The molecule has 3 aromatic rings. The zero-order valence-electron chi connectivity index (χ0n) is 9.67. The van der Waals surface area contributed by atoms with Crippen LogP contribution in [-0.2, 0) is 7.05 Å². The largest absolute Gasteiger partial charge is 0.455 e. The third-order valence-electron chi connectivity index (χ3n) is 2.92. The van der Waals surface area contributed by atoms with E-state index in [0.717, 1.165) is 0 Å². The average molecular weight is 246 g/mol. The van der Waals surface area contributed by atoms with Crippen LogP contribution in [0.3, 0.4) is 0 Å². The van der Waals surface area contributed by atoms with Gasteiger partial charge in [-0.25, -0.2) is 9.37 Å². The van der Waals surface area contributed by atoms with Crippen LogP contribution in [0.15, 0.2) is 41.2 Å². The molecule has 5 heteroatoms. The molecule has 0 amide bonds. The van der Waals surface area contributed by atoms with Gasteiger partial charge in [0.05, 0.1) is 18.2 Å². The van der Waals surface area contributed by atoms with Crippen LogP contribution < -0.4 is 0 Å². The molecule has 0 radical (unpaired) electrons. The highest BCUT2D eigenvalue weighted by molar-refractivity contribution is 5.78. The minimum Gasteiger partial charge on any atom is -0.455 e. The van der Waals surface area contributed by atoms with Gasteiger partial charge in [-0.1, -0.05) is 12.1 Å². The van der Waals surface area contributed by atoms with E-state index in [1.807, 2.05) is 0 Å². The third-order valence-corrected chi connectivity index (χ3v) is 2.92. The van der Waals surface area contributed by atoms with E-state index in [1.165, 1.54) is 6.07 Å². The number of aryl methyl sites for hydroxylation is 1. The highest BCUT2D eigenvalue weighted by Gasteiger charge is 2.19. The van der Waals surface area contributed by atoms with Crippen molar-refractivity contribution in [1.29, 1.82) is 0 Å². The van der Waals surface area contributed by atoms with Gasteiger partial charge >= 0.3 is 0 Å². The van der Waals surface area contributed by atoms with Crippen LogP contribution in [0.5, 0.6) is 0 Å². The van der Waals surface area contributed by atoms with Crippen LogP contribution >= 0.6 is 0 Å². The van der Waals surface area contributed by atoms with Gasteiger partial charge in [0.15, 0.2) is 17.5 Å². The molecule has 92 valence electrons. The van der Waals surface area contributed by atoms with Crippen LogP contribution in [0.1, 0.15) is 17.6 Å². The molecule has 0 fully saturated rings. The Morgan fingerprint density at radius 3 is 2.94 bits per heavy atom. The molecule has 0 aliphatic heterocycles. The van der Waals surface area contributed by atoms with Gasteiger partial charge in [0.2, 0.25) is 0 Å². The van der Waals surface area contributed by atoms with Gasteiger partial charge in [-0.15, -0.1) is 0 Å². The molecule has 3 rings (SSSR count). The normalized spacial score (nSPS) is 13.1. The number of hydrogen-bond donors (Lipinski definition) is 1. The number of fused-ring (bicyclic) bond motifs is 1. The summed E-state index contributed by atoms with van der Waals surface area (Å²) < 4.78 is 20.6. The standard InChI is InChI=1S/C13H11FN2O2/c1-16-7-15-6-10(16)12(17)11-5-8-3-2-4-9(14)13(8)18-11/h2-7,12,17H,1H3. The minimum absolute atomic E-state index is 0.161. The predicted octanol–water partition coefficient (Wildman–Crippen LogP) is 2.39. The molecule has 1 atom stereocenters. The average Bonchev–Trinajstić information content (AvgIpc) is 2.95. The number of imidazole rings is 1. The van der Waals surface area contributed by atoms with Gasteiger partial charge < -0.3 is 14.1 Å². The van der Waals surface area contributed by atoms with Crippen LogP contribution in [-0.4, -0.2) is 14.7 Å². The second-order valence-electron chi connectivity index (χ2n) is 4.14. The third kappa shape index (κ3) is 1.60. The fourth-order valence-electron chi connectivity index (χ4n) is 1.96. The molecule has 2 aromatic heterocycles. The summed E-state index contributed by atoms with van der Waals surface area (Å²) in [5, 5.41) is 10.8. The Morgan fingerprint density at radius 1 is 1.44 bits per heavy atom. The number of nitrogens with zero attached hydrogens (tertiary/aromatic N) is 2. The van der Waals surface area contributed by atoms with Crippen LogP contribution in [0.25, 0.3) is 11.0 Å². The fraction of sp³-hybridized carbons (Fsp3) is 0.154. The fourth-order valence-corrected chi connectivity index (χ4v) is 1.96. The Morgan fingerprint density at radius 2 is 2.28 bits per heavy atom. The highest BCUT2D eigenvalue weighted by atomic mass is 19.1. The molecule has 0 saturated carbocycles. The van der Waals surface area contributed by atoms with Crippen molar-refractivity contribution in [1.82, 2.24) is 9.55 Å². The molecular formula is C13H11FN2O2. The van der Waals surface area contributed by atoms with E-state index >= 15 is 0 Å². The van der Waals surface area contributed by atoms with Crippen molar-refractivity contribution in [3.8, 4) is 0 Å². The van der Waals surface area contributed by atoms with Gasteiger partial charge in [-0.05, 0) is 12.1 Å². The van der Waals surface area contributed by atoms with Crippen LogP contribution in [0, 0.1) is 5.82 Å². The summed E-state index contributed by atoms with van der Waals surface area (Å²) in [5.74, 6) is -0.130. The number of aromatic nitrogens is 2. The Bertz CT molecular complexity index is 702. The lowest BCUT2D eigenvalue weighted by Gasteiger charge is -2.07. The Labute approximate surface area is 102 Å². The van der Waals surface area contributed by atoms with E-state index in [2.05, 4.69) is 4.98 Å². The topological polar surface area (TPSA) is 51.2 Å². The summed E-state index contributed by atoms with van der Waals surface area (Å²) in [6.45, 7) is 0. The number of aliphatic hydroxyl groups is 1. The van der Waals surface area contributed by atoms with Gasteiger partial charge in [-0.3, -0.25) is 0 Å². The molecular weight excluding hydrogens is 235 g/mol. The first-order valence-corrected chi connectivity index (χ1v) is 5.49.